The number of piperazine rings is 1. The van der Waals surface area contributed by atoms with Crippen LogP contribution in [0, 0.1) is 0 Å². The molecule has 2 heterocycles. The van der Waals surface area contributed by atoms with Gasteiger partial charge in [-0.15, -0.1) is 5.06 Å². The van der Waals surface area contributed by atoms with Crippen LogP contribution in [0.25, 0.3) is 11.4 Å². The molecule has 0 radical (unpaired) electrons. The minimum atomic E-state index is -1.02. The summed E-state index contributed by atoms with van der Waals surface area (Å²) in [6.45, 7) is 14.1. The molecule has 0 aliphatic carbocycles. The van der Waals surface area contributed by atoms with E-state index in [-0.39, 0.29) is 62.6 Å². The third kappa shape index (κ3) is 10.3. The van der Waals surface area contributed by atoms with Crippen LogP contribution in [0.1, 0.15) is 77.5 Å². The molecule has 3 rings (SSSR count). The molecule has 234 valence electrons. The van der Waals surface area contributed by atoms with E-state index >= 15 is 0 Å². The molecule has 2 aromatic rings. The Bertz CT molecular complexity index is 1280. The van der Waals surface area contributed by atoms with Crippen molar-refractivity contribution in [2.75, 3.05) is 32.8 Å². The number of carbonyl (C=O) groups is 4. The first-order chi connectivity index (χ1) is 20.2. The van der Waals surface area contributed by atoms with E-state index in [1.165, 1.54) is 5.06 Å². The molecule has 1 aliphatic heterocycles. The number of carbonyl (C=O) groups excluding carboxylic acids is 4. The number of nitrogens with one attached hydrogen (secondary N) is 1. The van der Waals surface area contributed by atoms with E-state index in [2.05, 4.69) is 10.3 Å². The second-order valence-electron chi connectivity index (χ2n) is 12.3. The zero-order valence-corrected chi connectivity index (χ0v) is 26.1. The van der Waals surface area contributed by atoms with E-state index in [1.807, 2.05) is 51.1 Å². The Balaban J connectivity index is 1.82. The van der Waals surface area contributed by atoms with Crippen molar-refractivity contribution in [3.63, 3.8) is 0 Å². The average Bonchev–Trinajstić information content (AvgIpc) is 2.94. The number of hydrogen-bond acceptors (Lipinski definition) is 10. The first kappa shape index (κ1) is 33.4. The van der Waals surface area contributed by atoms with Gasteiger partial charge in [0, 0.05) is 30.5 Å². The van der Waals surface area contributed by atoms with Crippen LogP contribution in [-0.4, -0.2) is 88.3 Å². The van der Waals surface area contributed by atoms with Gasteiger partial charge in [0.25, 0.3) is 5.91 Å². The fraction of sp³-hybridized carbons (Fsp3) is 0.548. The van der Waals surface area contributed by atoms with Crippen molar-refractivity contribution in [3.8, 4) is 11.4 Å². The second-order valence-corrected chi connectivity index (χ2v) is 12.3. The molecule has 1 atom stereocenters. The van der Waals surface area contributed by atoms with Crippen molar-refractivity contribution in [3.05, 3.63) is 47.8 Å². The van der Waals surface area contributed by atoms with Crippen LogP contribution < -0.4 is 5.32 Å². The number of hydrogen-bond donors (Lipinski definition) is 1. The topological polar surface area (TPSA) is 140 Å². The quantitative estimate of drug-likeness (QED) is 0.423. The second kappa shape index (κ2) is 14.4. The maximum Gasteiger partial charge on any atom is 0.527 e. The van der Waals surface area contributed by atoms with E-state index in [0.717, 1.165) is 5.56 Å². The third-order valence-corrected chi connectivity index (χ3v) is 6.44. The first-order valence-corrected chi connectivity index (χ1v) is 14.5. The summed E-state index contributed by atoms with van der Waals surface area (Å²) >= 11 is 0. The molecule has 43 heavy (non-hydrogen) atoms. The van der Waals surface area contributed by atoms with Crippen LogP contribution in [0.2, 0.25) is 0 Å². The summed E-state index contributed by atoms with van der Waals surface area (Å²) < 4.78 is 10.2. The Morgan fingerprint density at radius 1 is 0.953 bits per heavy atom. The van der Waals surface area contributed by atoms with Crippen molar-refractivity contribution < 1.29 is 33.5 Å². The normalized spacial score (nSPS) is 14.9. The number of nitrogens with zero attached hydrogens (tertiary/aromatic N) is 4. The van der Waals surface area contributed by atoms with Gasteiger partial charge in [0.2, 0.25) is 5.91 Å². The van der Waals surface area contributed by atoms with Gasteiger partial charge in [-0.2, -0.15) is 0 Å². The molecule has 1 saturated heterocycles. The van der Waals surface area contributed by atoms with Crippen molar-refractivity contribution in [2.24, 2.45) is 0 Å². The molecular weight excluding hydrogens is 554 g/mol. The van der Waals surface area contributed by atoms with Gasteiger partial charge in [0.1, 0.15) is 17.3 Å². The van der Waals surface area contributed by atoms with Gasteiger partial charge < -0.3 is 24.5 Å². The molecule has 1 fully saturated rings. The number of ether oxygens (including phenoxy) is 2. The van der Waals surface area contributed by atoms with Gasteiger partial charge in [0.15, 0.2) is 5.82 Å². The summed E-state index contributed by atoms with van der Waals surface area (Å²) in [5.74, 6) is -0.999. The van der Waals surface area contributed by atoms with Crippen molar-refractivity contribution in [1.82, 2.24) is 25.2 Å². The summed E-state index contributed by atoms with van der Waals surface area (Å²) in [4.78, 5) is 67.5. The van der Waals surface area contributed by atoms with Crippen molar-refractivity contribution in [2.45, 2.75) is 78.4 Å². The molecule has 0 bridgehead atoms. The van der Waals surface area contributed by atoms with Gasteiger partial charge in [-0.3, -0.25) is 14.4 Å². The lowest BCUT2D eigenvalue weighted by Gasteiger charge is -2.35. The molecular formula is C31H43N5O7. The smallest absolute Gasteiger partial charge is 0.460 e. The van der Waals surface area contributed by atoms with Gasteiger partial charge in [-0.05, 0) is 40.2 Å². The number of hydroxylamine groups is 2. The fourth-order valence-corrected chi connectivity index (χ4v) is 4.28. The molecule has 1 aromatic heterocycles. The van der Waals surface area contributed by atoms with E-state index < -0.39 is 29.7 Å². The average molecular weight is 598 g/mol. The third-order valence-electron chi connectivity index (χ3n) is 6.44. The fourth-order valence-electron chi connectivity index (χ4n) is 4.28. The van der Waals surface area contributed by atoms with Crippen LogP contribution in [-0.2, 0) is 29.3 Å². The van der Waals surface area contributed by atoms with Crippen LogP contribution in [0.3, 0.4) is 0 Å². The van der Waals surface area contributed by atoms with Crippen LogP contribution in [0.5, 0.6) is 0 Å². The highest BCUT2D eigenvalue weighted by Crippen LogP contribution is 2.24. The first-order valence-electron chi connectivity index (χ1n) is 14.5. The molecule has 0 saturated carbocycles. The summed E-state index contributed by atoms with van der Waals surface area (Å²) in [6, 6.07) is 9.95. The highest BCUT2D eigenvalue weighted by atomic mass is 16.8. The van der Waals surface area contributed by atoms with E-state index in [1.54, 1.807) is 38.7 Å². The summed E-state index contributed by atoms with van der Waals surface area (Å²) in [7, 11) is 0. The van der Waals surface area contributed by atoms with Gasteiger partial charge in [-0.25, -0.2) is 14.8 Å². The molecule has 1 aliphatic rings. The molecule has 2 amide bonds. The standard InChI is InChI=1S/C31H43N5O7/c1-8-41-29(40)43-36-18-16-35(17-19-36)28(39)22(14-15-25(37)42-31(5,6)7)33-27(38)23-20-24(30(2,3)4)34-26(32-23)21-12-10-9-11-13-21/h9-13,20,22H,8,14-19H2,1-7H3,(H,33,38)/t22-/m0/s1. The van der Waals surface area contributed by atoms with Crippen LogP contribution >= 0.6 is 0 Å². The molecule has 1 N–H and O–H groups in total. The van der Waals surface area contributed by atoms with E-state index in [4.69, 9.17) is 19.3 Å². The zero-order valence-electron chi connectivity index (χ0n) is 26.1. The predicted octanol–water partition coefficient (Wildman–Crippen LogP) is 3.89. The molecule has 12 heteroatoms. The summed E-state index contributed by atoms with van der Waals surface area (Å²) in [6.07, 6.45) is -0.854. The predicted molar refractivity (Wildman–Crippen MR) is 159 cm³/mol. The highest BCUT2D eigenvalue weighted by Gasteiger charge is 2.32. The van der Waals surface area contributed by atoms with E-state index in [9.17, 15) is 19.2 Å². The molecule has 12 nitrogen and oxygen atoms in total. The molecule has 0 unspecified atom stereocenters. The SMILES string of the molecule is CCOC(=O)ON1CCN(C(=O)[C@H](CCC(=O)OC(C)(C)C)NC(=O)c2cc(C(C)(C)C)nc(-c3ccccc3)n2)CC1. The van der Waals surface area contributed by atoms with E-state index in [0.29, 0.717) is 11.5 Å². The largest absolute Gasteiger partial charge is 0.527 e. The Labute approximate surface area is 253 Å². The highest BCUT2D eigenvalue weighted by molar-refractivity contribution is 5.96. The Morgan fingerprint density at radius 2 is 1.60 bits per heavy atom. The number of benzene rings is 1. The Morgan fingerprint density at radius 3 is 2.19 bits per heavy atom. The lowest BCUT2D eigenvalue weighted by molar-refractivity contribution is -0.158. The lowest BCUT2D eigenvalue weighted by atomic mass is 9.91. The summed E-state index contributed by atoms with van der Waals surface area (Å²) in [5.41, 5.74) is 0.469. The minimum Gasteiger partial charge on any atom is -0.460 e. The molecule has 0 spiro atoms. The summed E-state index contributed by atoms with van der Waals surface area (Å²) in [5, 5.41) is 4.25. The Hall–Kier alpha value is -4.06. The zero-order chi connectivity index (χ0) is 31.8. The number of amides is 2. The maximum absolute atomic E-state index is 13.7. The maximum atomic E-state index is 13.7. The Kier molecular flexibility index (Phi) is 11.2. The van der Waals surface area contributed by atoms with Crippen molar-refractivity contribution >= 4 is 23.9 Å². The van der Waals surface area contributed by atoms with Crippen molar-refractivity contribution in [1.29, 1.82) is 0 Å². The number of rotatable bonds is 9. The van der Waals surface area contributed by atoms with Gasteiger partial charge in [-0.1, -0.05) is 51.1 Å². The van der Waals surface area contributed by atoms with Gasteiger partial charge >= 0.3 is 12.1 Å². The lowest BCUT2D eigenvalue weighted by Crippen LogP contribution is -2.55. The number of esters is 1. The minimum absolute atomic E-state index is 0.0295. The monoisotopic (exact) mass is 597 g/mol. The number of aromatic nitrogens is 2. The van der Waals surface area contributed by atoms with Crippen LogP contribution in [0.15, 0.2) is 36.4 Å². The molecule has 1 aromatic carbocycles. The van der Waals surface area contributed by atoms with Gasteiger partial charge in [0.05, 0.1) is 25.4 Å². The van der Waals surface area contributed by atoms with Crippen LogP contribution in [0.4, 0.5) is 4.79 Å².